The van der Waals surface area contributed by atoms with Crippen molar-refractivity contribution in [1.29, 1.82) is 0 Å². The number of benzene rings is 1. The van der Waals surface area contributed by atoms with Crippen LogP contribution in [0.15, 0.2) is 23.4 Å². The Bertz CT molecular complexity index is 637. The largest absolute Gasteiger partial charge is 0.409 e. The summed E-state index contributed by atoms with van der Waals surface area (Å²) in [6, 6.07) is 5.47. The topological polar surface area (TPSA) is 105 Å². The minimum absolute atomic E-state index is 0.0656. The highest BCUT2D eigenvalue weighted by Gasteiger charge is 2.29. The molecule has 1 rings (SSSR count). The van der Waals surface area contributed by atoms with Gasteiger partial charge in [-0.2, -0.15) is 0 Å². The molecule has 6 nitrogen and oxygen atoms in total. The average molecular weight is 313 g/mol. The minimum atomic E-state index is -3.11. The molecule has 7 heteroatoms. The van der Waals surface area contributed by atoms with E-state index in [0.717, 1.165) is 11.1 Å². The van der Waals surface area contributed by atoms with E-state index in [-0.39, 0.29) is 5.84 Å². The molecule has 0 amide bonds. The molecule has 21 heavy (non-hydrogen) atoms. The fourth-order valence-corrected chi connectivity index (χ4v) is 2.10. The molecule has 0 aliphatic carbocycles. The Morgan fingerprint density at radius 1 is 1.43 bits per heavy atom. The summed E-state index contributed by atoms with van der Waals surface area (Å²) in [5, 5.41) is 14.8. The summed E-state index contributed by atoms with van der Waals surface area (Å²) in [7, 11) is -3.11. The molecular weight excluding hydrogens is 290 g/mol. The molecule has 1 aromatic rings. The third kappa shape index (κ3) is 4.44. The Labute approximate surface area is 126 Å². The van der Waals surface area contributed by atoms with Crippen molar-refractivity contribution in [3.8, 4) is 0 Å². The van der Waals surface area contributed by atoms with E-state index < -0.39 is 14.6 Å². The van der Waals surface area contributed by atoms with Crippen molar-refractivity contribution in [2.45, 2.75) is 32.1 Å². The molecule has 0 aliphatic heterocycles. The van der Waals surface area contributed by atoms with Crippen molar-refractivity contribution in [2.24, 2.45) is 10.9 Å². The Morgan fingerprint density at radius 2 is 2.05 bits per heavy atom. The van der Waals surface area contributed by atoms with Crippen LogP contribution in [0.5, 0.6) is 0 Å². The van der Waals surface area contributed by atoms with Gasteiger partial charge in [0.2, 0.25) is 0 Å². The maximum atomic E-state index is 11.6. The van der Waals surface area contributed by atoms with Gasteiger partial charge in [0, 0.05) is 24.9 Å². The first-order valence-electron chi connectivity index (χ1n) is 6.56. The lowest BCUT2D eigenvalue weighted by molar-refractivity contribution is 0.318. The third-order valence-electron chi connectivity index (χ3n) is 3.62. The molecule has 1 aromatic carbocycles. The predicted molar refractivity (Wildman–Crippen MR) is 84.3 cm³/mol. The van der Waals surface area contributed by atoms with Crippen LogP contribution in [-0.4, -0.2) is 37.0 Å². The molecule has 0 aromatic heterocycles. The molecule has 4 N–H and O–H groups in total. The summed E-state index contributed by atoms with van der Waals surface area (Å²) < 4.78 is 22.4. The van der Waals surface area contributed by atoms with Gasteiger partial charge in [-0.3, -0.25) is 0 Å². The third-order valence-corrected chi connectivity index (χ3v) is 5.77. The summed E-state index contributed by atoms with van der Waals surface area (Å²) in [6.45, 7) is 6.24. The summed E-state index contributed by atoms with van der Waals surface area (Å²) in [6.07, 6.45) is 1.24. The number of hydrogen-bond donors (Lipinski definition) is 3. The highest BCUT2D eigenvalue weighted by molar-refractivity contribution is 7.92. The van der Waals surface area contributed by atoms with Crippen LogP contribution in [0.25, 0.3) is 0 Å². The average Bonchev–Trinajstić information content (AvgIpc) is 2.38. The number of aryl methyl sites for hydroxylation is 1. The second-order valence-electron chi connectivity index (χ2n) is 5.76. The second-order valence-corrected chi connectivity index (χ2v) is 8.41. The zero-order valence-corrected chi connectivity index (χ0v) is 13.7. The fourth-order valence-electron chi connectivity index (χ4n) is 1.74. The molecule has 0 spiro atoms. The summed E-state index contributed by atoms with van der Waals surface area (Å²) in [4.78, 5) is 0. The first-order valence-corrected chi connectivity index (χ1v) is 8.45. The lowest BCUT2D eigenvalue weighted by Crippen LogP contribution is -2.41. The SMILES string of the molecule is Cc1cc(/C(N)=N/O)ccc1CNCC(C)(C)S(C)(=O)=O. The fraction of sp³-hybridized carbons (Fsp3) is 0.500. The van der Waals surface area contributed by atoms with Crippen LogP contribution in [0.4, 0.5) is 0 Å². The van der Waals surface area contributed by atoms with E-state index in [1.807, 2.05) is 19.1 Å². The zero-order valence-electron chi connectivity index (χ0n) is 12.8. The molecule has 0 atom stereocenters. The van der Waals surface area contributed by atoms with Crippen molar-refractivity contribution >= 4 is 15.7 Å². The number of nitrogens with zero attached hydrogens (tertiary/aromatic N) is 1. The van der Waals surface area contributed by atoms with Crippen LogP contribution in [0.2, 0.25) is 0 Å². The predicted octanol–water partition coefficient (Wildman–Crippen LogP) is 1.00. The first kappa shape index (κ1) is 17.5. The maximum absolute atomic E-state index is 11.6. The Hall–Kier alpha value is -1.60. The van der Waals surface area contributed by atoms with Crippen molar-refractivity contribution in [2.75, 3.05) is 12.8 Å². The van der Waals surface area contributed by atoms with Gasteiger partial charge < -0.3 is 16.3 Å². The number of rotatable bonds is 6. The standard InChI is InChI=1S/C14H23N3O3S/c1-10-7-11(13(15)17-18)5-6-12(10)8-16-9-14(2,3)21(4,19)20/h5-7,16,18H,8-9H2,1-4H3,(H2,15,17). The number of hydrogen-bond acceptors (Lipinski definition) is 5. The molecule has 118 valence electrons. The summed E-state index contributed by atoms with van der Waals surface area (Å²) in [5.41, 5.74) is 8.21. The lowest BCUT2D eigenvalue weighted by atomic mass is 10.0. The van der Waals surface area contributed by atoms with Gasteiger partial charge >= 0.3 is 0 Å². The van der Waals surface area contributed by atoms with Crippen LogP contribution in [-0.2, 0) is 16.4 Å². The van der Waals surface area contributed by atoms with E-state index in [9.17, 15) is 8.42 Å². The van der Waals surface area contributed by atoms with Crippen LogP contribution in [0.3, 0.4) is 0 Å². The maximum Gasteiger partial charge on any atom is 0.170 e. The van der Waals surface area contributed by atoms with Gasteiger partial charge in [-0.05, 0) is 38.0 Å². The van der Waals surface area contributed by atoms with Gasteiger partial charge in [-0.25, -0.2) is 8.42 Å². The van der Waals surface area contributed by atoms with Gasteiger partial charge in [0.05, 0.1) is 4.75 Å². The number of sulfone groups is 1. The summed E-state index contributed by atoms with van der Waals surface area (Å²) in [5.74, 6) is 0.0656. The molecule has 0 heterocycles. The van der Waals surface area contributed by atoms with Crippen LogP contribution >= 0.6 is 0 Å². The van der Waals surface area contributed by atoms with Gasteiger partial charge in [-0.1, -0.05) is 17.3 Å². The number of oxime groups is 1. The molecule has 0 bridgehead atoms. The quantitative estimate of drug-likeness (QED) is 0.314. The van der Waals surface area contributed by atoms with Crippen LogP contribution < -0.4 is 11.1 Å². The van der Waals surface area contributed by atoms with Crippen LogP contribution in [0, 0.1) is 6.92 Å². The van der Waals surface area contributed by atoms with Crippen molar-refractivity contribution in [3.05, 3.63) is 34.9 Å². The van der Waals surface area contributed by atoms with Gasteiger partial charge in [0.25, 0.3) is 0 Å². The zero-order chi connectivity index (χ0) is 16.3. The lowest BCUT2D eigenvalue weighted by Gasteiger charge is -2.23. The minimum Gasteiger partial charge on any atom is -0.409 e. The van der Waals surface area contributed by atoms with E-state index >= 15 is 0 Å². The highest BCUT2D eigenvalue weighted by atomic mass is 32.2. The van der Waals surface area contributed by atoms with E-state index in [4.69, 9.17) is 10.9 Å². The van der Waals surface area contributed by atoms with E-state index in [1.54, 1.807) is 19.9 Å². The number of nitrogens with two attached hydrogens (primary N) is 1. The Kier molecular flexibility index (Phi) is 5.36. The monoisotopic (exact) mass is 313 g/mol. The summed E-state index contributed by atoms with van der Waals surface area (Å²) >= 11 is 0. The normalized spacial score (nSPS) is 13.4. The molecule has 0 radical (unpaired) electrons. The molecule has 0 aliphatic rings. The highest BCUT2D eigenvalue weighted by Crippen LogP contribution is 2.15. The molecular formula is C14H23N3O3S. The van der Waals surface area contributed by atoms with E-state index in [0.29, 0.717) is 18.7 Å². The van der Waals surface area contributed by atoms with Gasteiger partial charge in [-0.15, -0.1) is 0 Å². The smallest absolute Gasteiger partial charge is 0.170 e. The molecule has 0 fully saturated rings. The molecule has 0 unspecified atom stereocenters. The Morgan fingerprint density at radius 3 is 2.52 bits per heavy atom. The Balaban J connectivity index is 2.74. The number of amidine groups is 1. The first-order chi connectivity index (χ1) is 9.58. The molecule has 0 saturated heterocycles. The van der Waals surface area contributed by atoms with Crippen molar-refractivity contribution < 1.29 is 13.6 Å². The van der Waals surface area contributed by atoms with Crippen molar-refractivity contribution in [3.63, 3.8) is 0 Å². The van der Waals surface area contributed by atoms with Crippen LogP contribution in [0.1, 0.15) is 30.5 Å². The van der Waals surface area contributed by atoms with E-state index in [1.165, 1.54) is 6.26 Å². The van der Waals surface area contributed by atoms with Crippen molar-refractivity contribution in [1.82, 2.24) is 5.32 Å². The second kappa shape index (κ2) is 6.44. The molecule has 0 saturated carbocycles. The van der Waals surface area contributed by atoms with E-state index in [2.05, 4.69) is 10.5 Å². The number of nitrogens with one attached hydrogen (secondary N) is 1. The van der Waals surface area contributed by atoms with Gasteiger partial charge in [0.1, 0.15) is 0 Å². The van der Waals surface area contributed by atoms with Gasteiger partial charge in [0.15, 0.2) is 15.7 Å².